The minimum atomic E-state index is -6.76. The maximum Gasteiger partial charge on any atom is 0.268 e. The number of nitrogens with zero attached hydrogens (tertiary/aromatic N) is 4. The summed E-state index contributed by atoms with van der Waals surface area (Å²) in [6, 6.07) is -3.14. The fourth-order valence-corrected chi connectivity index (χ4v) is 14.9. The number of rotatable bonds is 13. The van der Waals surface area contributed by atoms with Crippen molar-refractivity contribution in [1.82, 2.24) is 14.1 Å². The van der Waals surface area contributed by atoms with Crippen LogP contribution in [0.2, 0.25) is 0 Å². The summed E-state index contributed by atoms with van der Waals surface area (Å²) < 4.78 is 435. The Bertz CT molecular complexity index is 7220. The molecule has 0 aliphatic heterocycles. The van der Waals surface area contributed by atoms with Crippen molar-refractivity contribution in [2.75, 3.05) is 0 Å². The average Bonchev–Trinajstić information content (AvgIpc) is 0.913. The van der Waals surface area contributed by atoms with Gasteiger partial charge >= 0.3 is 0 Å². The number of imidazole rings is 1. The summed E-state index contributed by atoms with van der Waals surface area (Å²) in [7, 11) is -6.76. The Hall–Kier alpha value is -9.45. The number of pyridine rings is 1. The van der Waals surface area contributed by atoms with Crippen LogP contribution < -0.4 is 30.1 Å². The number of para-hydroxylation sites is 4. The van der Waals surface area contributed by atoms with E-state index in [0.29, 0.717) is 16.3 Å². The van der Waals surface area contributed by atoms with Gasteiger partial charge in [0, 0.05) is 74.5 Å². The van der Waals surface area contributed by atoms with Crippen molar-refractivity contribution in [2.24, 2.45) is 5.41 Å². The molecule has 7 heteroatoms. The Morgan fingerprint density at radius 2 is 1.16 bits per heavy atom. The van der Waals surface area contributed by atoms with Crippen molar-refractivity contribution in [2.45, 2.75) is 78.1 Å². The monoisotopic (exact) mass is 1430 g/mol. The van der Waals surface area contributed by atoms with E-state index in [1.54, 1.807) is 55.7 Å². The first kappa shape index (κ1) is 27.8. The maximum absolute atomic E-state index is 11.1. The molecule has 14 aromatic rings. The van der Waals surface area contributed by atoms with Crippen molar-refractivity contribution < 1.29 is 92.1 Å². The van der Waals surface area contributed by atoms with Gasteiger partial charge in [-0.05, 0) is 124 Å². The average molecular weight is 1430 g/mol. The van der Waals surface area contributed by atoms with Gasteiger partial charge in [0.05, 0.1) is 53.7 Å². The zero-order chi connectivity index (χ0) is 101. The fourth-order valence-electron chi connectivity index (χ4n) is 11.3. The molecule has 0 atom stereocenters. The summed E-state index contributed by atoms with van der Waals surface area (Å²) >= 11 is 0. The Kier molecular flexibility index (Phi) is 7.24. The topological polar surface area (TPSA) is 35.9 Å². The van der Waals surface area contributed by atoms with Crippen LogP contribution in [0.25, 0.3) is 83.4 Å². The number of hydrogen-bond acceptors (Lipinski definition) is 2. The number of ether oxygens (including phenoxy) is 1. The number of benzene rings is 11. The molecular weight excluding hydrogens is 1320 g/mol. The van der Waals surface area contributed by atoms with Crippen LogP contribution in [0.15, 0.2) is 272 Å². The van der Waals surface area contributed by atoms with E-state index in [1.807, 2.05) is 0 Å². The molecule has 15 rings (SSSR count). The molecule has 0 N–H and O–H groups in total. The Balaban J connectivity index is 0.0000150. The summed E-state index contributed by atoms with van der Waals surface area (Å²) in [5.41, 5.74) is -19.5. The molecule has 1 aliphatic rings. The van der Waals surface area contributed by atoms with Crippen LogP contribution in [-0.2, 0) is 38.3 Å². The smallest absolute Gasteiger partial charge is 0.268 e. The van der Waals surface area contributed by atoms with Gasteiger partial charge in [0.1, 0.15) is 5.82 Å². The number of fused-ring (bicyclic) bond motifs is 5. The normalized spacial score (nSPS) is 22.4. The Labute approximate surface area is 619 Å². The van der Waals surface area contributed by atoms with E-state index in [2.05, 4.69) is 18.5 Å². The van der Waals surface area contributed by atoms with E-state index >= 15 is 0 Å². The molecule has 0 saturated carbocycles. The van der Waals surface area contributed by atoms with E-state index in [4.69, 9.17) is 28.9 Å². The number of hydrogen-bond donors (Lipinski definition) is 0. The molecule has 1 aliphatic carbocycles. The first-order chi connectivity index (χ1) is 62.8. The van der Waals surface area contributed by atoms with Crippen molar-refractivity contribution in [3.05, 3.63) is 308 Å². The molecule has 3 aromatic heterocycles. The summed E-state index contributed by atoms with van der Waals surface area (Å²) in [6.45, 7) is -13.5. The van der Waals surface area contributed by atoms with E-state index in [9.17, 15) is 42.5 Å². The predicted octanol–water partition coefficient (Wildman–Crippen LogP) is 17.9. The quantitative estimate of drug-likeness (QED) is 0.0499. The van der Waals surface area contributed by atoms with Crippen molar-refractivity contribution in [3.63, 3.8) is 0 Å². The van der Waals surface area contributed by atoms with Gasteiger partial charge in [0.15, 0.2) is 8.07 Å². The van der Waals surface area contributed by atoms with Crippen molar-refractivity contribution >= 4 is 61.7 Å². The molecule has 0 saturated heterocycles. The van der Waals surface area contributed by atoms with Gasteiger partial charge in [0.2, 0.25) is 0 Å². The molecule has 0 bridgehead atoms. The van der Waals surface area contributed by atoms with Gasteiger partial charge in [-0.1, -0.05) is 278 Å². The summed E-state index contributed by atoms with van der Waals surface area (Å²) in [4.78, 5) is 4.79. The molecule has 11 aromatic carbocycles. The zero-order valence-electron chi connectivity index (χ0n) is 93.4. The van der Waals surface area contributed by atoms with Gasteiger partial charge in [-0.25, -0.2) is 4.98 Å². The molecule has 0 radical (unpaired) electrons. The first-order valence-corrected chi connectivity index (χ1v) is 30.1. The van der Waals surface area contributed by atoms with E-state index in [-0.39, 0.29) is 77.3 Å². The molecule has 92 heavy (non-hydrogen) atoms. The Morgan fingerprint density at radius 3 is 1.84 bits per heavy atom. The predicted molar refractivity (Wildman–Crippen MR) is 378 cm³/mol. The third-order valence-corrected chi connectivity index (χ3v) is 19.2. The molecule has 0 amide bonds. The van der Waals surface area contributed by atoms with Gasteiger partial charge in [0.25, 0.3) is 6.33 Å². The maximum atomic E-state index is 11.1. The third kappa shape index (κ3) is 10.8. The molecule has 0 spiro atoms. The van der Waals surface area contributed by atoms with Crippen LogP contribution in [0.5, 0.6) is 11.5 Å². The van der Waals surface area contributed by atoms with E-state index in [1.165, 1.54) is 65.4 Å². The van der Waals surface area contributed by atoms with Crippen LogP contribution in [0, 0.1) is 23.9 Å². The molecule has 3 heterocycles. The second-order valence-corrected chi connectivity index (χ2v) is 25.6. The minimum Gasteiger partial charge on any atom is -0.510 e. The van der Waals surface area contributed by atoms with Gasteiger partial charge in [-0.3, -0.25) is 4.57 Å². The largest absolute Gasteiger partial charge is 0.510 e. The summed E-state index contributed by atoms with van der Waals surface area (Å²) in [5.74, 6) is -0.114. The number of aromatic nitrogens is 4. The van der Waals surface area contributed by atoms with Crippen molar-refractivity contribution in [3.8, 4) is 62.1 Å². The van der Waals surface area contributed by atoms with Crippen LogP contribution in [0.3, 0.4) is 0 Å². The molecule has 454 valence electrons. The molecule has 0 fully saturated rings. The SMILES string of the molecule is [2H]c1c([2H])c([2H])c(-c2cnc(-n3c4[c-]c(Oc5[c-]c(-n6[c-][n+](-c7c(-c8c([2H])c([2H])c9c(c8[2H])C(C([2H])([2H])[2H])(C([2H])([2H])[2H])C([2H])([2H])C([2H])([2H])C9(C([2H])([2H])[2H])C([2H])([2H])[2H])cccc7-c7c([2H])c([2H])c([2H])c([Si](c8c([2H])c([2H])c([2H])c([2H])c8[2H])(c8c([2H])c([2H])c([2H])c([2H])c8[2H])c8c([2H])c([2H])c([2H])c([2H])c8[2H])c7[2H])c7ccccc76)ccc5)ccc4c4ccccc43)cc2C([2H])([2H])C(C)(C)C)c([2H])c1[2H].[Pt]. The summed E-state index contributed by atoms with van der Waals surface area (Å²) in [6.07, 6.45) is -7.70. The standard InChI is InChI=1S/C85H72N4OSi.Pt/c1-83(2,3)56-62-53-81(86-57-74(62)59-27-12-8-13-28-59)89-77-42-21-20-39-72(77)73-47-46-65(55-80(73)89)90-64-31-25-30-63(54-64)87-58-88(79-44-23-22-43-78(79)87)82-70(40-26-41-71(82)61-45-48-75-76(52-61)85(6,7)50-49-84(75,4)5)60-29-24-38-69(51-60)91(66-32-14-9-15-33-66,67-34-16-10-17-35-67)68-36-18-11-19-37-68;/h8-48,51-53,57H,49-50,56H2,1-7H3;/q-2;/i4D3,5D3,6D3,7D3,8D,9D,10D,11D,12D,13D,14D,15D,16D,17D,18D,19D,24D,27D,28D,29D,32D,33D,34D,35D,36D,37D,38D,45D,48D,49D2,50D2,51D,52D,56D2;. The zero-order valence-corrected chi connectivity index (χ0v) is 51.7. The van der Waals surface area contributed by atoms with E-state index in [0.717, 1.165) is 22.8 Å². The molecule has 5 nitrogen and oxygen atoms in total. The van der Waals surface area contributed by atoms with Gasteiger partial charge in [-0.2, -0.15) is 18.2 Å². The van der Waals surface area contributed by atoms with Crippen LogP contribution >= 0.6 is 0 Å². The Morgan fingerprint density at radius 1 is 0.576 bits per heavy atom. The van der Waals surface area contributed by atoms with Crippen molar-refractivity contribution in [1.29, 1.82) is 0 Å². The summed E-state index contributed by atoms with van der Waals surface area (Å²) in [5, 5.41) is -4.02. The fraction of sp³-hybridized carbons (Fsp3) is 0.153. The second-order valence-electron chi connectivity index (χ2n) is 22.1. The van der Waals surface area contributed by atoms with Crippen LogP contribution in [-0.4, -0.2) is 22.2 Å². The molecule has 0 unspecified atom stereocenters. The van der Waals surface area contributed by atoms with Gasteiger partial charge < -0.3 is 13.9 Å². The third-order valence-electron chi connectivity index (χ3n) is 15.2. The van der Waals surface area contributed by atoms with Crippen LogP contribution in [0.1, 0.15) is 139 Å². The molecular formula is C85H72N4OPtSi-2. The minimum absolute atomic E-state index is 0. The van der Waals surface area contributed by atoms with Crippen LogP contribution in [0.4, 0.5) is 0 Å². The first-order valence-electron chi connectivity index (χ1n) is 50.6. The van der Waals surface area contributed by atoms with Gasteiger partial charge in [-0.15, -0.1) is 29.7 Å². The second kappa shape index (κ2) is 24.0. The van der Waals surface area contributed by atoms with E-state index < -0.39 is 294 Å².